The van der Waals surface area contributed by atoms with Gasteiger partial charge in [0, 0.05) is 12.6 Å². The molecule has 2 aliphatic rings. The molecule has 2 atom stereocenters. The van der Waals surface area contributed by atoms with Gasteiger partial charge < -0.3 is 5.32 Å². The first-order valence-electron chi connectivity index (χ1n) is 6.74. The molecular weight excluding hydrogens is 252 g/mol. The highest BCUT2D eigenvalue weighted by molar-refractivity contribution is 7.89. The van der Waals surface area contributed by atoms with E-state index in [1.54, 1.807) is 0 Å². The van der Waals surface area contributed by atoms with Crippen LogP contribution < -0.4 is 5.32 Å². The van der Waals surface area contributed by atoms with Crippen LogP contribution in [0.5, 0.6) is 0 Å². The SMILES string of the molecule is CC1CCCC(NC(=O)CN2CCCS2(=O)=O)C1. The molecule has 0 bridgehead atoms. The Morgan fingerprint density at radius 3 is 2.72 bits per heavy atom. The first kappa shape index (κ1) is 13.8. The van der Waals surface area contributed by atoms with Crippen LogP contribution in [0.4, 0.5) is 0 Å². The Kier molecular flexibility index (Phi) is 4.27. The molecule has 0 aromatic rings. The molecule has 1 saturated carbocycles. The number of carbonyl (C=O) groups excluding carboxylic acids is 1. The van der Waals surface area contributed by atoms with Crippen LogP contribution in [0.3, 0.4) is 0 Å². The highest BCUT2D eigenvalue weighted by atomic mass is 32.2. The third kappa shape index (κ3) is 3.45. The molecule has 1 aliphatic heterocycles. The standard InChI is InChI=1S/C12H22N2O3S/c1-10-4-2-5-11(8-10)13-12(15)9-14-6-3-7-18(14,16)17/h10-11H,2-9H2,1H3,(H,13,15). The molecule has 2 unspecified atom stereocenters. The zero-order valence-corrected chi connectivity index (χ0v) is 11.7. The van der Waals surface area contributed by atoms with E-state index in [9.17, 15) is 13.2 Å². The van der Waals surface area contributed by atoms with Gasteiger partial charge in [0.05, 0.1) is 12.3 Å². The van der Waals surface area contributed by atoms with Crippen LogP contribution in [-0.2, 0) is 14.8 Å². The van der Waals surface area contributed by atoms with Gasteiger partial charge in [-0.05, 0) is 25.2 Å². The smallest absolute Gasteiger partial charge is 0.235 e. The van der Waals surface area contributed by atoms with Crippen LogP contribution in [0.15, 0.2) is 0 Å². The van der Waals surface area contributed by atoms with Crippen molar-refractivity contribution in [3.63, 3.8) is 0 Å². The molecule has 2 fully saturated rings. The number of nitrogens with one attached hydrogen (secondary N) is 1. The molecule has 1 heterocycles. The molecule has 104 valence electrons. The van der Waals surface area contributed by atoms with Gasteiger partial charge in [0.2, 0.25) is 15.9 Å². The number of hydrogen-bond acceptors (Lipinski definition) is 3. The summed E-state index contributed by atoms with van der Waals surface area (Å²) < 4.78 is 24.5. The molecule has 0 spiro atoms. The first-order chi connectivity index (χ1) is 8.47. The van der Waals surface area contributed by atoms with Crippen molar-refractivity contribution < 1.29 is 13.2 Å². The summed E-state index contributed by atoms with van der Waals surface area (Å²) in [7, 11) is -3.16. The van der Waals surface area contributed by atoms with Crippen LogP contribution in [0, 0.1) is 5.92 Å². The monoisotopic (exact) mass is 274 g/mol. The molecule has 5 nitrogen and oxygen atoms in total. The van der Waals surface area contributed by atoms with Crippen molar-refractivity contribution in [1.29, 1.82) is 0 Å². The van der Waals surface area contributed by atoms with Crippen LogP contribution in [-0.4, -0.2) is 43.5 Å². The molecule has 1 saturated heterocycles. The van der Waals surface area contributed by atoms with E-state index in [1.807, 2.05) is 0 Å². The summed E-state index contributed by atoms with van der Waals surface area (Å²) in [5.41, 5.74) is 0. The molecule has 1 amide bonds. The fraction of sp³-hybridized carbons (Fsp3) is 0.917. The lowest BCUT2D eigenvalue weighted by Gasteiger charge is -2.28. The fourth-order valence-corrected chi connectivity index (χ4v) is 4.34. The summed E-state index contributed by atoms with van der Waals surface area (Å²) in [4.78, 5) is 11.8. The van der Waals surface area contributed by atoms with E-state index in [0.29, 0.717) is 18.9 Å². The molecular formula is C12H22N2O3S. The number of amides is 1. The van der Waals surface area contributed by atoms with Gasteiger partial charge in [-0.15, -0.1) is 0 Å². The van der Waals surface area contributed by atoms with E-state index in [4.69, 9.17) is 0 Å². The molecule has 0 aromatic heterocycles. The van der Waals surface area contributed by atoms with Gasteiger partial charge in [0.1, 0.15) is 0 Å². The predicted molar refractivity (Wildman–Crippen MR) is 69.5 cm³/mol. The maximum Gasteiger partial charge on any atom is 0.235 e. The van der Waals surface area contributed by atoms with Gasteiger partial charge in [-0.3, -0.25) is 4.79 Å². The Labute approximate surface area is 109 Å². The number of rotatable bonds is 3. The lowest BCUT2D eigenvalue weighted by atomic mass is 9.87. The topological polar surface area (TPSA) is 66.5 Å². The van der Waals surface area contributed by atoms with Crippen molar-refractivity contribution in [3.8, 4) is 0 Å². The Hall–Kier alpha value is -0.620. The normalized spacial score (nSPS) is 32.3. The Morgan fingerprint density at radius 1 is 1.33 bits per heavy atom. The van der Waals surface area contributed by atoms with Crippen LogP contribution in [0.1, 0.15) is 39.0 Å². The fourth-order valence-electron chi connectivity index (χ4n) is 2.87. The third-order valence-corrected chi connectivity index (χ3v) is 5.73. The van der Waals surface area contributed by atoms with Gasteiger partial charge in [0.15, 0.2) is 0 Å². The quantitative estimate of drug-likeness (QED) is 0.824. The predicted octanol–water partition coefficient (Wildman–Crippen LogP) is 0.717. The maximum absolute atomic E-state index is 11.8. The van der Waals surface area contributed by atoms with E-state index in [2.05, 4.69) is 12.2 Å². The van der Waals surface area contributed by atoms with E-state index in [1.165, 1.54) is 10.7 Å². The molecule has 1 N–H and O–H groups in total. The number of carbonyl (C=O) groups is 1. The van der Waals surface area contributed by atoms with E-state index in [0.717, 1.165) is 19.3 Å². The van der Waals surface area contributed by atoms with Crippen LogP contribution >= 0.6 is 0 Å². The summed E-state index contributed by atoms with van der Waals surface area (Å²) in [6.45, 7) is 2.67. The molecule has 2 rings (SSSR count). The van der Waals surface area contributed by atoms with Gasteiger partial charge in [0.25, 0.3) is 0 Å². The second-order valence-corrected chi connectivity index (χ2v) is 7.63. The number of nitrogens with zero attached hydrogens (tertiary/aromatic N) is 1. The van der Waals surface area contributed by atoms with Gasteiger partial charge in [-0.2, -0.15) is 4.31 Å². The zero-order valence-electron chi connectivity index (χ0n) is 10.9. The van der Waals surface area contributed by atoms with Crippen molar-refractivity contribution in [2.75, 3.05) is 18.8 Å². The van der Waals surface area contributed by atoms with Gasteiger partial charge in [-0.25, -0.2) is 8.42 Å². The largest absolute Gasteiger partial charge is 0.352 e. The van der Waals surface area contributed by atoms with E-state index in [-0.39, 0.29) is 24.2 Å². The zero-order chi connectivity index (χ0) is 13.2. The number of sulfonamides is 1. The minimum Gasteiger partial charge on any atom is -0.352 e. The van der Waals surface area contributed by atoms with E-state index < -0.39 is 10.0 Å². The highest BCUT2D eigenvalue weighted by Gasteiger charge is 2.30. The van der Waals surface area contributed by atoms with Crippen LogP contribution in [0.25, 0.3) is 0 Å². The molecule has 0 radical (unpaired) electrons. The van der Waals surface area contributed by atoms with Crippen LogP contribution in [0.2, 0.25) is 0 Å². The number of hydrogen-bond donors (Lipinski definition) is 1. The Bertz CT molecular complexity index is 408. The van der Waals surface area contributed by atoms with Crippen molar-refractivity contribution in [1.82, 2.24) is 9.62 Å². The summed E-state index contributed by atoms with van der Waals surface area (Å²) in [6, 6.07) is 0.228. The molecule has 6 heteroatoms. The summed E-state index contributed by atoms with van der Waals surface area (Å²) in [5.74, 6) is 0.681. The first-order valence-corrected chi connectivity index (χ1v) is 8.35. The van der Waals surface area contributed by atoms with Crippen molar-refractivity contribution in [2.45, 2.75) is 45.1 Å². The third-order valence-electron chi connectivity index (χ3n) is 3.82. The summed E-state index contributed by atoms with van der Waals surface area (Å²) in [6.07, 6.45) is 5.04. The van der Waals surface area contributed by atoms with E-state index >= 15 is 0 Å². The Balaban J connectivity index is 1.82. The van der Waals surface area contributed by atoms with Gasteiger partial charge >= 0.3 is 0 Å². The Morgan fingerprint density at radius 2 is 2.11 bits per heavy atom. The summed E-state index contributed by atoms with van der Waals surface area (Å²) >= 11 is 0. The maximum atomic E-state index is 11.8. The average molecular weight is 274 g/mol. The molecule has 0 aromatic carbocycles. The second-order valence-electron chi connectivity index (χ2n) is 5.54. The second kappa shape index (κ2) is 5.57. The van der Waals surface area contributed by atoms with Gasteiger partial charge in [-0.1, -0.05) is 19.8 Å². The lowest BCUT2D eigenvalue weighted by molar-refractivity contribution is -0.122. The molecule has 1 aliphatic carbocycles. The highest BCUT2D eigenvalue weighted by Crippen LogP contribution is 2.23. The lowest BCUT2D eigenvalue weighted by Crippen LogP contribution is -2.44. The average Bonchev–Trinajstić information content (AvgIpc) is 2.58. The summed E-state index contributed by atoms with van der Waals surface area (Å²) in [5, 5.41) is 2.97. The van der Waals surface area contributed by atoms with Crippen molar-refractivity contribution >= 4 is 15.9 Å². The van der Waals surface area contributed by atoms with Crippen molar-refractivity contribution in [3.05, 3.63) is 0 Å². The molecule has 18 heavy (non-hydrogen) atoms. The minimum absolute atomic E-state index is 0.00673. The minimum atomic E-state index is -3.16. The van der Waals surface area contributed by atoms with Crippen molar-refractivity contribution in [2.24, 2.45) is 5.92 Å².